The molecule has 1 aromatic carbocycles. The molecule has 0 fully saturated rings. The lowest BCUT2D eigenvalue weighted by molar-refractivity contribution is 0.461. The number of aromatic amines is 1. The molecule has 0 atom stereocenters. The summed E-state index contributed by atoms with van der Waals surface area (Å²) in [7, 11) is 0. The molecule has 0 saturated heterocycles. The monoisotopic (exact) mass is 188 g/mol. The van der Waals surface area contributed by atoms with Crippen molar-refractivity contribution in [2.24, 2.45) is 0 Å². The van der Waals surface area contributed by atoms with E-state index in [0.29, 0.717) is 5.88 Å². The number of rotatable bonds is 2. The average molecular weight is 188 g/mol. The third-order valence-electron chi connectivity index (χ3n) is 1.89. The Morgan fingerprint density at radius 2 is 2.07 bits per heavy atom. The number of hydrogen-bond acceptors (Lipinski definition) is 2. The van der Waals surface area contributed by atoms with Crippen LogP contribution in [0.3, 0.4) is 0 Å². The second-order valence-electron chi connectivity index (χ2n) is 3.31. The van der Waals surface area contributed by atoms with Crippen molar-refractivity contribution in [2.45, 2.75) is 13.8 Å². The van der Waals surface area contributed by atoms with E-state index in [1.165, 1.54) is 5.56 Å². The zero-order valence-electron chi connectivity index (χ0n) is 8.24. The first-order chi connectivity index (χ1) is 6.74. The van der Waals surface area contributed by atoms with Crippen LogP contribution in [0, 0.1) is 13.8 Å². The van der Waals surface area contributed by atoms with E-state index in [9.17, 15) is 0 Å². The summed E-state index contributed by atoms with van der Waals surface area (Å²) >= 11 is 0. The van der Waals surface area contributed by atoms with Crippen LogP contribution in [0.1, 0.15) is 11.3 Å². The van der Waals surface area contributed by atoms with Gasteiger partial charge in [-0.1, -0.05) is 12.1 Å². The lowest BCUT2D eigenvalue weighted by Gasteiger charge is -2.01. The number of ether oxygens (including phenoxy) is 1. The summed E-state index contributed by atoms with van der Waals surface area (Å²) in [6.45, 7) is 3.97. The predicted molar refractivity (Wildman–Crippen MR) is 54.6 cm³/mol. The molecule has 2 aromatic rings. The van der Waals surface area contributed by atoms with Crippen molar-refractivity contribution in [3.8, 4) is 11.6 Å². The summed E-state index contributed by atoms with van der Waals surface area (Å²) in [5.74, 6) is 1.42. The van der Waals surface area contributed by atoms with Crippen LogP contribution in [0.4, 0.5) is 0 Å². The molecule has 14 heavy (non-hydrogen) atoms. The maximum Gasteiger partial charge on any atom is 0.238 e. The molecule has 0 unspecified atom stereocenters. The molecule has 1 N–H and O–H groups in total. The Labute approximate surface area is 82.7 Å². The topological polar surface area (TPSA) is 37.9 Å². The van der Waals surface area contributed by atoms with Gasteiger partial charge in [-0.05, 0) is 31.5 Å². The molecule has 0 aliphatic heterocycles. The molecule has 0 aliphatic carbocycles. The smallest absolute Gasteiger partial charge is 0.238 e. The molecule has 2 rings (SSSR count). The van der Waals surface area contributed by atoms with Crippen molar-refractivity contribution in [1.82, 2.24) is 10.2 Å². The van der Waals surface area contributed by atoms with Crippen LogP contribution >= 0.6 is 0 Å². The molecule has 3 heteroatoms. The van der Waals surface area contributed by atoms with E-state index in [1.807, 2.05) is 44.2 Å². The van der Waals surface area contributed by atoms with Crippen molar-refractivity contribution in [3.63, 3.8) is 0 Å². The maximum absolute atomic E-state index is 5.54. The van der Waals surface area contributed by atoms with Gasteiger partial charge in [-0.2, -0.15) is 0 Å². The Morgan fingerprint density at radius 1 is 1.21 bits per heavy atom. The van der Waals surface area contributed by atoms with Crippen LogP contribution in [-0.2, 0) is 0 Å². The zero-order valence-corrected chi connectivity index (χ0v) is 8.24. The van der Waals surface area contributed by atoms with Crippen LogP contribution in [0.2, 0.25) is 0 Å². The molecule has 72 valence electrons. The van der Waals surface area contributed by atoms with Gasteiger partial charge >= 0.3 is 0 Å². The number of aromatic nitrogens is 2. The fourth-order valence-electron chi connectivity index (χ4n) is 1.24. The van der Waals surface area contributed by atoms with E-state index < -0.39 is 0 Å². The lowest BCUT2D eigenvalue weighted by Crippen LogP contribution is -1.84. The number of H-pyrrole nitrogens is 1. The van der Waals surface area contributed by atoms with Gasteiger partial charge in [-0.25, -0.2) is 0 Å². The van der Waals surface area contributed by atoms with Crippen LogP contribution in [0.15, 0.2) is 30.3 Å². The van der Waals surface area contributed by atoms with Gasteiger partial charge in [-0.3, -0.25) is 5.10 Å². The highest BCUT2D eigenvalue weighted by atomic mass is 16.5. The normalized spacial score (nSPS) is 10.1. The number of aryl methyl sites for hydroxylation is 2. The Kier molecular flexibility index (Phi) is 2.23. The van der Waals surface area contributed by atoms with Gasteiger partial charge < -0.3 is 4.74 Å². The molecule has 1 aromatic heterocycles. The van der Waals surface area contributed by atoms with Gasteiger partial charge in [0.1, 0.15) is 5.75 Å². The SMILES string of the molecule is Cc1cccc(Oc2cc(C)[nH]n2)c1. The predicted octanol–water partition coefficient (Wildman–Crippen LogP) is 2.82. The molecular weight excluding hydrogens is 176 g/mol. The van der Waals surface area contributed by atoms with Crippen molar-refractivity contribution in [3.05, 3.63) is 41.6 Å². The highest BCUT2D eigenvalue weighted by Crippen LogP contribution is 2.20. The Morgan fingerprint density at radius 3 is 2.71 bits per heavy atom. The van der Waals surface area contributed by atoms with Crippen LogP contribution in [-0.4, -0.2) is 10.2 Å². The average Bonchev–Trinajstić information content (AvgIpc) is 2.51. The van der Waals surface area contributed by atoms with Crippen LogP contribution < -0.4 is 4.74 Å². The molecule has 0 radical (unpaired) electrons. The van der Waals surface area contributed by atoms with Gasteiger partial charge in [-0.15, -0.1) is 5.10 Å². The Balaban J connectivity index is 2.18. The van der Waals surface area contributed by atoms with Gasteiger partial charge in [0.25, 0.3) is 0 Å². The Bertz CT molecular complexity index is 434. The van der Waals surface area contributed by atoms with Gasteiger partial charge in [0.2, 0.25) is 5.88 Å². The molecule has 0 aliphatic rings. The van der Waals surface area contributed by atoms with E-state index in [2.05, 4.69) is 10.2 Å². The summed E-state index contributed by atoms with van der Waals surface area (Å²) in [6, 6.07) is 9.75. The van der Waals surface area contributed by atoms with Crippen molar-refractivity contribution in [2.75, 3.05) is 0 Å². The summed E-state index contributed by atoms with van der Waals surface area (Å²) in [4.78, 5) is 0. The van der Waals surface area contributed by atoms with E-state index in [4.69, 9.17) is 4.74 Å². The van der Waals surface area contributed by atoms with Gasteiger partial charge in [0.05, 0.1) is 0 Å². The van der Waals surface area contributed by atoms with E-state index in [-0.39, 0.29) is 0 Å². The first-order valence-electron chi connectivity index (χ1n) is 4.50. The molecule has 0 spiro atoms. The zero-order chi connectivity index (χ0) is 9.97. The number of benzene rings is 1. The summed E-state index contributed by atoms with van der Waals surface area (Å²) < 4.78 is 5.54. The van der Waals surface area contributed by atoms with Crippen molar-refractivity contribution < 1.29 is 4.74 Å². The molecule has 3 nitrogen and oxygen atoms in total. The number of nitrogens with zero attached hydrogens (tertiary/aromatic N) is 1. The summed E-state index contributed by atoms with van der Waals surface area (Å²) in [5.41, 5.74) is 2.17. The Hall–Kier alpha value is -1.77. The first-order valence-corrected chi connectivity index (χ1v) is 4.50. The third-order valence-corrected chi connectivity index (χ3v) is 1.89. The van der Waals surface area contributed by atoms with E-state index >= 15 is 0 Å². The number of hydrogen-bond donors (Lipinski definition) is 1. The standard InChI is InChI=1S/C11H12N2O/c1-8-4-3-5-10(6-8)14-11-7-9(2)12-13-11/h3-7H,1-2H3,(H,12,13). The lowest BCUT2D eigenvalue weighted by atomic mass is 10.2. The molecular formula is C11H12N2O. The summed E-state index contributed by atoms with van der Waals surface area (Å²) in [5, 5.41) is 6.82. The quantitative estimate of drug-likeness (QED) is 0.786. The van der Waals surface area contributed by atoms with Gasteiger partial charge in [0, 0.05) is 11.8 Å². The highest BCUT2D eigenvalue weighted by molar-refractivity contribution is 5.30. The molecule has 0 saturated carbocycles. The molecule has 1 heterocycles. The van der Waals surface area contributed by atoms with Crippen molar-refractivity contribution >= 4 is 0 Å². The minimum absolute atomic E-state index is 0.605. The highest BCUT2D eigenvalue weighted by Gasteiger charge is 2.00. The fourth-order valence-corrected chi connectivity index (χ4v) is 1.24. The largest absolute Gasteiger partial charge is 0.438 e. The first kappa shape index (κ1) is 8.81. The van der Waals surface area contributed by atoms with Crippen LogP contribution in [0.25, 0.3) is 0 Å². The molecule has 0 bridgehead atoms. The van der Waals surface area contributed by atoms with Crippen LogP contribution in [0.5, 0.6) is 11.6 Å². The second-order valence-corrected chi connectivity index (χ2v) is 3.31. The van der Waals surface area contributed by atoms with E-state index in [0.717, 1.165) is 11.4 Å². The number of nitrogens with one attached hydrogen (secondary N) is 1. The molecule has 0 amide bonds. The minimum atomic E-state index is 0.605. The second kappa shape index (κ2) is 3.54. The summed E-state index contributed by atoms with van der Waals surface area (Å²) in [6.07, 6.45) is 0. The maximum atomic E-state index is 5.54. The van der Waals surface area contributed by atoms with Gasteiger partial charge in [0.15, 0.2) is 0 Å². The van der Waals surface area contributed by atoms with E-state index in [1.54, 1.807) is 0 Å². The minimum Gasteiger partial charge on any atom is -0.438 e. The van der Waals surface area contributed by atoms with Crippen molar-refractivity contribution in [1.29, 1.82) is 0 Å². The third kappa shape index (κ3) is 1.93. The fraction of sp³-hybridized carbons (Fsp3) is 0.182.